The number of thiazole rings is 1. The van der Waals surface area contributed by atoms with Crippen molar-refractivity contribution in [1.29, 1.82) is 0 Å². The first-order valence-corrected chi connectivity index (χ1v) is 9.50. The monoisotopic (exact) mass is 468 g/mol. The highest BCUT2D eigenvalue weighted by atomic mass is 127. The van der Waals surface area contributed by atoms with Crippen LogP contribution >= 0.6 is 35.3 Å². The standard InChI is InChI=1S/C17H32N4OS.HI/c1-5-9-17(22,10-6-2)13-21-16(18-7-3)19-11-8-15-20-12-14(4)23-15;/h12,22H,5-11,13H2,1-4H3,(H2,18,19,21);1H. The third-order valence-corrected chi connectivity index (χ3v) is 4.58. The third-order valence-electron chi connectivity index (χ3n) is 3.61. The summed E-state index contributed by atoms with van der Waals surface area (Å²) in [5.41, 5.74) is -0.682. The van der Waals surface area contributed by atoms with Crippen molar-refractivity contribution >= 4 is 41.3 Å². The largest absolute Gasteiger partial charge is 0.388 e. The highest BCUT2D eigenvalue weighted by molar-refractivity contribution is 14.0. The Hall–Kier alpha value is -0.410. The summed E-state index contributed by atoms with van der Waals surface area (Å²) in [6, 6.07) is 0. The van der Waals surface area contributed by atoms with Crippen LogP contribution in [0.1, 0.15) is 56.3 Å². The minimum Gasteiger partial charge on any atom is -0.388 e. The highest BCUT2D eigenvalue weighted by Crippen LogP contribution is 2.19. The van der Waals surface area contributed by atoms with Gasteiger partial charge in [0.05, 0.1) is 17.2 Å². The van der Waals surface area contributed by atoms with E-state index in [0.717, 1.165) is 56.2 Å². The van der Waals surface area contributed by atoms with Crippen LogP contribution in [0.25, 0.3) is 0 Å². The van der Waals surface area contributed by atoms with Crippen LogP contribution < -0.4 is 10.6 Å². The summed E-state index contributed by atoms with van der Waals surface area (Å²) in [4.78, 5) is 10.2. The molecule has 0 radical (unpaired) electrons. The zero-order chi connectivity index (χ0) is 17.1. The van der Waals surface area contributed by atoms with Crippen molar-refractivity contribution < 1.29 is 5.11 Å². The number of guanidine groups is 1. The molecular weight excluding hydrogens is 435 g/mol. The molecule has 140 valence electrons. The number of hydrogen-bond acceptors (Lipinski definition) is 4. The molecule has 0 aliphatic carbocycles. The summed E-state index contributed by atoms with van der Waals surface area (Å²) in [6.45, 7) is 10.4. The van der Waals surface area contributed by atoms with Gasteiger partial charge in [-0.1, -0.05) is 26.7 Å². The fourth-order valence-electron chi connectivity index (χ4n) is 2.59. The van der Waals surface area contributed by atoms with Crippen LogP contribution in [0.5, 0.6) is 0 Å². The molecule has 0 saturated carbocycles. The van der Waals surface area contributed by atoms with E-state index in [0.29, 0.717) is 6.54 Å². The van der Waals surface area contributed by atoms with Crippen LogP contribution in [-0.2, 0) is 6.42 Å². The van der Waals surface area contributed by atoms with Crippen LogP contribution in [0.4, 0.5) is 0 Å². The van der Waals surface area contributed by atoms with Crippen LogP contribution in [0.2, 0.25) is 0 Å². The summed E-state index contributed by atoms with van der Waals surface area (Å²) < 4.78 is 0. The van der Waals surface area contributed by atoms with Crippen molar-refractivity contribution in [2.75, 3.05) is 19.6 Å². The lowest BCUT2D eigenvalue weighted by Crippen LogP contribution is -2.40. The molecule has 24 heavy (non-hydrogen) atoms. The predicted octanol–water partition coefficient (Wildman–Crippen LogP) is 3.50. The minimum atomic E-state index is -0.682. The number of aliphatic hydroxyl groups is 1. The number of aliphatic imine (C=N–C) groups is 1. The second-order valence-corrected chi connectivity index (χ2v) is 7.28. The van der Waals surface area contributed by atoms with Crippen molar-refractivity contribution in [2.24, 2.45) is 4.99 Å². The van der Waals surface area contributed by atoms with E-state index < -0.39 is 5.60 Å². The molecule has 0 aliphatic rings. The Morgan fingerprint density at radius 2 is 1.92 bits per heavy atom. The molecule has 1 aromatic rings. The lowest BCUT2D eigenvalue weighted by Gasteiger charge is -2.26. The van der Waals surface area contributed by atoms with Crippen molar-refractivity contribution in [3.63, 3.8) is 0 Å². The summed E-state index contributed by atoms with van der Waals surface area (Å²) in [6.07, 6.45) is 6.33. The molecule has 0 saturated heterocycles. The van der Waals surface area contributed by atoms with Gasteiger partial charge in [0.1, 0.15) is 0 Å². The van der Waals surface area contributed by atoms with Gasteiger partial charge in [0.2, 0.25) is 0 Å². The molecule has 0 unspecified atom stereocenters. The molecule has 0 amide bonds. The van der Waals surface area contributed by atoms with Crippen LogP contribution in [0, 0.1) is 6.92 Å². The van der Waals surface area contributed by atoms with E-state index in [1.54, 1.807) is 11.3 Å². The average molecular weight is 468 g/mol. The number of aryl methyl sites for hydroxylation is 1. The first kappa shape index (κ1) is 23.6. The van der Waals surface area contributed by atoms with Gasteiger partial charge in [0, 0.05) is 30.6 Å². The van der Waals surface area contributed by atoms with Gasteiger partial charge in [0.25, 0.3) is 0 Å². The molecule has 0 aromatic carbocycles. The van der Waals surface area contributed by atoms with Gasteiger partial charge >= 0.3 is 0 Å². The smallest absolute Gasteiger partial charge is 0.191 e. The van der Waals surface area contributed by atoms with Crippen LogP contribution in [0.15, 0.2) is 11.2 Å². The first-order chi connectivity index (χ1) is 11.0. The van der Waals surface area contributed by atoms with Gasteiger partial charge in [-0.3, -0.25) is 4.99 Å². The lowest BCUT2D eigenvalue weighted by atomic mass is 9.93. The number of rotatable bonds is 10. The summed E-state index contributed by atoms with van der Waals surface area (Å²) in [5, 5.41) is 18.4. The predicted molar refractivity (Wildman–Crippen MR) is 115 cm³/mol. The zero-order valence-corrected chi connectivity index (χ0v) is 18.5. The van der Waals surface area contributed by atoms with Crippen molar-refractivity contribution in [2.45, 2.75) is 65.4 Å². The van der Waals surface area contributed by atoms with Gasteiger partial charge in [-0.25, -0.2) is 4.98 Å². The molecule has 0 atom stereocenters. The van der Waals surface area contributed by atoms with Gasteiger partial charge in [-0.05, 0) is 26.7 Å². The number of halogens is 1. The van der Waals surface area contributed by atoms with Gasteiger partial charge in [0.15, 0.2) is 5.96 Å². The Balaban J connectivity index is 0.00000529. The lowest BCUT2D eigenvalue weighted by molar-refractivity contribution is 0.0306. The van der Waals surface area contributed by atoms with E-state index >= 15 is 0 Å². The maximum absolute atomic E-state index is 10.7. The average Bonchev–Trinajstić information content (AvgIpc) is 2.91. The van der Waals surface area contributed by atoms with E-state index in [4.69, 9.17) is 0 Å². The van der Waals surface area contributed by atoms with E-state index in [1.807, 2.05) is 13.1 Å². The van der Waals surface area contributed by atoms with Crippen LogP contribution in [-0.4, -0.2) is 41.3 Å². The fraction of sp³-hybridized carbons (Fsp3) is 0.765. The quantitative estimate of drug-likeness (QED) is 0.279. The van der Waals surface area contributed by atoms with E-state index in [2.05, 4.69) is 41.4 Å². The molecule has 7 heteroatoms. The summed E-state index contributed by atoms with van der Waals surface area (Å²) >= 11 is 1.73. The second-order valence-electron chi connectivity index (χ2n) is 5.96. The van der Waals surface area contributed by atoms with Crippen LogP contribution in [0.3, 0.4) is 0 Å². The Morgan fingerprint density at radius 3 is 2.42 bits per heavy atom. The topological polar surface area (TPSA) is 69.5 Å². The number of nitrogens with one attached hydrogen (secondary N) is 2. The van der Waals surface area contributed by atoms with Gasteiger partial charge in [-0.2, -0.15) is 0 Å². The van der Waals surface area contributed by atoms with E-state index in [1.165, 1.54) is 4.88 Å². The van der Waals surface area contributed by atoms with E-state index in [9.17, 15) is 5.11 Å². The molecule has 1 aromatic heterocycles. The molecule has 5 nitrogen and oxygen atoms in total. The molecule has 1 heterocycles. The molecule has 3 N–H and O–H groups in total. The minimum absolute atomic E-state index is 0. The molecule has 0 bridgehead atoms. The highest BCUT2D eigenvalue weighted by Gasteiger charge is 2.24. The summed E-state index contributed by atoms with van der Waals surface area (Å²) in [5.74, 6) is 0.770. The Kier molecular flexibility index (Phi) is 12.7. The summed E-state index contributed by atoms with van der Waals surface area (Å²) in [7, 11) is 0. The molecule has 0 aliphatic heterocycles. The number of hydrogen-bond donors (Lipinski definition) is 3. The van der Waals surface area contributed by atoms with Crippen molar-refractivity contribution in [3.8, 4) is 0 Å². The molecule has 0 fully saturated rings. The van der Waals surface area contributed by atoms with Gasteiger partial charge < -0.3 is 15.7 Å². The fourth-order valence-corrected chi connectivity index (χ4v) is 3.37. The van der Waals surface area contributed by atoms with Crippen molar-refractivity contribution in [3.05, 3.63) is 16.1 Å². The molecule has 0 spiro atoms. The zero-order valence-electron chi connectivity index (χ0n) is 15.4. The maximum Gasteiger partial charge on any atom is 0.191 e. The number of aromatic nitrogens is 1. The van der Waals surface area contributed by atoms with E-state index in [-0.39, 0.29) is 24.0 Å². The normalized spacial score (nSPS) is 12.0. The Labute approximate surface area is 167 Å². The number of nitrogens with zero attached hydrogens (tertiary/aromatic N) is 2. The van der Waals surface area contributed by atoms with Gasteiger partial charge in [-0.15, -0.1) is 35.3 Å². The molecule has 1 rings (SSSR count). The Morgan fingerprint density at radius 1 is 1.25 bits per heavy atom. The van der Waals surface area contributed by atoms with Crippen molar-refractivity contribution in [1.82, 2.24) is 15.6 Å². The first-order valence-electron chi connectivity index (χ1n) is 8.68. The third kappa shape index (κ3) is 9.17. The second kappa shape index (κ2) is 12.9. The Bertz CT molecular complexity index is 473. The SMILES string of the molecule is CCCC(O)(CCC)CN=C(NCC)NCCc1ncc(C)s1.I. The maximum atomic E-state index is 10.7. The molecular formula is C17H33IN4OS.